The number of hydrogen-bond acceptors (Lipinski definition) is 1. The van der Waals surface area contributed by atoms with Crippen molar-refractivity contribution in [3.05, 3.63) is 84.9 Å². The predicted octanol–water partition coefficient (Wildman–Crippen LogP) is 5.51. The quantitative estimate of drug-likeness (QED) is 0.299. The van der Waals surface area contributed by atoms with Gasteiger partial charge >= 0.3 is 41.9 Å². The van der Waals surface area contributed by atoms with Gasteiger partial charge in [0.25, 0.3) is 0 Å². The van der Waals surface area contributed by atoms with Gasteiger partial charge in [0.05, 0.1) is 0 Å². The van der Waals surface area contributed by atoms with Crippen molar-refractivity contribution in [3.63, 3.8) is 0 Å². The third-order valence-corrected chi connectivity index (χ3v) is 3.10. The molecule has 0 spiro atoms. The second-order valence-electron chi connectivity index (χ2n) is 5.31. The molecular formula is C21H24OSiZr. The molecule has 0 atom stereocenters. The van der Waals surface area contributed by atoms with Crippen LogP contribution in [0, 0.1) is 0 Å². The van der Waals surface area contributed by atoms with E-state index in [1.54, 1.807) is 23.3 Å². The van der Waals surface area contributed by atoms with Crippen molar-refractivity contribution >= 4 is 27.0 Å². The van der Waals surface area contributed by atoms with E-state index in [4.69, 9.17) is 5.11 Å². The summed E-state index contributed by atoms with van der Waals surface area (Å²) in [7, 11) is 1.00. The van der Waals surface area contributed by atoms with Gasteiger partial charge < -0.3 is 5.11 Å². The van der Waals surface area contributed by atoms with E-state index in [1.165, 1.54) is 21.5 Å². The number of hydrogen-bond donors (Lipinski definition) is 1. The summed E-state index contributed by atoms with van der Waals surface area (Å²) in [5.74, 6) is 0. The van der Waals surface area contributed by atoms with Crippen molar-refractivity contribution in [3.8, 4) is 0 Å². The molecule has 0 aromatic heterocycles. The number of fused-ring (bicyclic) bond motifs is 2. The van der Waals surface area contributed by atoms with Crippen LogP contribution in [0.5, 0.6) is 0 Å². The molecule has 4 rings (SSSR count). The van der Waals surface area contributed by atoms with Crippen molar-refractivity contribution in [2.24, 2.45) is 0 Å². The summed E-state index contributed by atoms with van der Waals surface area (Å²) in [6.07, 6.45) is 0. The van der Waals surface area contributed by atoms with Crippen LogP contribution < -0.4 is 0 Å². The van der Waals surface area contributed by atoms with Crippen LogP contribution >= 0.6 is 0 Å². The first kappa shape index (κ1) is 20.8. The summed E-state index contributed by atoms with van der Waals surface area (Å²) < 4.78 is 0. The molecule has 24 heavy (non-hydrogen) atoms. The molecule has 122 valence electrons. The Kier molecular flexibility index (Phi) is 10.5. The van der Waals surface area contributed by atoms with E-state index < -0.39 is 0 Å². The zero-order chi connectivity index (χ0) is 17.8. The van der Waals surface area contributed by atoms with E-state index in [0.29, 0.717) is 0 Å². The van der Waals surface area contributed by atoms with Crippen molar-refractivity contribution in [2.45, 2.75) is 13.1 Å². The zero-order valence-corrected chi connectivity index (χ0v) is 18.0. The van der Waals surface area contributed by atoms with Crippen LogP contribution in [0.25, 0.3) is 21.5 Å². The third-order valence-electron chi connectivity index (χ3n) is 3.10. The summed E-state index contributed by atoms with van der Waals surface area (Å²) in [6, 6.07) is 29.3. The summed E-state index contributed by atoms with van der Waals surface area (Å²) >= 11 is 1.74. The molecule has 4 aromatic rings. The van der Waals surface area contributed by atoms with E-state index in [0.717, 1.165) is 7.11 Å². The van der Waals surface area contributed by atoms with E-state index in [-0.39, 0.29) is 5.43 Å². The fraction of sp³-hybridized carbons (Fsp3) is 0.143. The Labute approximate surface area is 160 Å². The maximum Gasteiger partial charge on any atom is -0.0809 e. The smallest absolute Gasteiger partial charge is 0.0809 e. The van der Waals surface area contributed by atoms with Crippen LogP contribution in [0.1, 0.15) is 0 Å². The molecule has 4 aromatic carbocycles. The van der Waals surface area contributed by atoms with Crippen LogP contribution in [0.3, 0.4) is 0 Å². The first-order chi connectivity index (χ1) is 11.7. The van der Waals surface area contributed by atoms with Crippen LogP contribution in [0.2, 0.25) is 13.1 Å². The second kappa shape index (κ2) is 12.1. The molecule has 0 radical (unpaired) electrons. The van der Waals surface area contributed by atoms with Gasteiger partial charge in [-0.05, 0) is 0 Å². The summed E-state index contributed by atoms with van der Waals surface area (Å²) in [5, 5.41) is 12.3. The molecule has 0 saturated carbocycles. The molecular weight excluding hydrogens is 388 g/mol. The average Bonchev–Trinajstić information content (AvgIpc) is 3.26. The Bertz CT molecular complexity index is 714. The van der Waals surface area contributed by atoms with Gasteiger partial charge in [-0.3, -0.25) is 0 Å². The van der Waals surface area contributed by atoms with Crippen molar-refractivity contribution in [2.75, 3.05) is 7.11 Å². The second-order valence-corrected chi connectivity index (χ2v) is 14.7. The maximum absolute atomic E-state index is 7.00. The SMILES string of the molecule is CO.C[Si](C)=[Zr+2].c1ccc2[cH-]ccc2c1.c1ccc2[cH-]ccc2c1. The van der Waals surface area contributed by atoms with Crippen molar-refractivity contribution in [1.29, 1.82) is 0 Å². The number of aliphatic hydroxyl groups excluding tert-OH is 1. The van der Waals surface area contributed by atoms with Crippen LogP contribution in [-0.2, 0) is 23.3 Å². The van der Waals surface area contributed by atoms with Gasteiger partial charge in [-0.25, -0.2) is 0 Å². The van der Waals surface area contributed by atoms with Crippen LogP contribution in [0.4, 0.5) is 0 Å². The minimum atomic E-state index is 0.210. The molecule has 0 bridgehead atoms. The normalized spacial score (nSPS) is 9.08. The van der Waals surface area contributed by atoms with Crippen LogP contribution in [-0.4, -0.2) is 17.6 Å². The van der Waals surface area contributed by atoms with Gasteiger partial charge in [-0.2, -0.15) is 35.0 Å². The van der Waals surface area contributed by atoms with Gasteiger partial charge in [0.15, 0.2) is 0 Å². The zero-order valence-electron chi connectivity index (χ0n) is 14.5. The molecule has 0 saturated heterocycles. The molecule has 0 aliphatic heterocycles. The van der Waals surface area contributed by atoms with Crippen LogP contribution in [0.15, 0.2) is 84.9 Å². The average molecular weight is 412 g/mol. The molecule has 0 amide bonds. The molecule has 0 aliphatic carbocycles. The standard InChI is InChI=1S/2C9H7.C2H6Si.CH4O.Zr/c2*1-2-5-9-7-3-6-8(9)4-1;1-3-2;1-2;/h2*1-7H;1-2H3;2H,1H3;/q2*-1;;;+2. The first-order valence-electron chi connectivity index (χ1n) is 7.84. The molecule has 0 aliphatic rings. The van der Waals surface area contributed by atoms with Gasteiger partial charge in [0.2, 0.25) is 0 Å². The molecule has 0 unspecified atom stereocenters. The Morgan fingerprint density at radius 1 is 0.708 bits per heavy atom. The monoisotopic (exact) mass is 410 g/mol. The van der Waals surface area contributed by atoms with Crippen molar-refractivity contribution < 1.29 is 28.4 Å². The largest absolute Gasteiger partial charge is 0.168 e. The maximum atomic E-state index is 7.00. The third kappa shape index (κ3) is 7.53. The van der Waals surface area contributed by atoms with E-state index in [1.807, 2.05) is 0 Å². The molecule has 1 nitrogen and oxygen atoms in total. The summed E-state index contributed by atoms with van der Waals surface area (Å²) in [6.45, 7) is 4.62. The van der Waals surface area contributed by atoms with E-state index in [9.17, 15) is 0 Å². The minimum absolute atomic E-state index is 0.210. The molecule has 0 fully saturated rings. The Hall–Kier alpha value is -1.28. The molecule has 1 N–H and O–H groups in total. The fourth-order valence-corrected chi connectivity index (χ4v) is 2.14. The number of benzene rings is 2. The minimum Gasteiger partial charge on any atom is -0.168 e. The Morgan fingerprint density at radius 3 is 1.38 bits per heavy atom. The molecule has 3 heteroatoms. The fourth-order valence-electron chi connectivity index (χ4n) is 2.14. The first-order valence-corrected chi connectivity index (χ1v) is 14.0. The van der Waals surface area contributed by atoms with E-state index in [2.05, 4.69) is 98.0 Å². The Balaban J connectivity index is 0.000000183. The Morgan fingerprint density at radius 2 is 1.04 bits per heavy atom. The molecule has 0 heterocycles. The number of aliphatic hydroxyl groups is 1. The van der Waals surface area contributed by atoms with Gasteiger partial charge in [-0.1, -0.05) is 12.1 Å². The summed E-state index contributed by atoms with van der Waals surface area (Å²) in [5.41, 5.74) is 0.210. The summed E-state index contributed by atoms with van der Waals surface area (Å²) in [4.78, 5) is 0. The van der Waals surface area contributed by atoms with Gasteiger partial charge in [0.1, 0.15) is 0 Å². The number of rotatable bonds is 0. The predicted molar refractivity (Wildman–Crippen MR) is 105 cm³/mol. The van der Waals surface area contributed by atoms with E-state index >= 15 is 0 Å². The topological polar surface area (TPSA) is 20.2 Å². The van der Waals surface area contributed by atoms with Gasteiger partial charge in [-0.15, -0.1) is 59.3 Å². The van der Waals surface area contributed by atoms with Crippen molar-refractivity contribution in [1.82, 2.24) is 0 Å². The van der Waals surface area contributed by atoms with Gasteiger partial charge in [0, 0.05) is 7.11 Å².